The normalized spacial score (nSPS) is 23.8. The van der Waals surface area contributed by atoms with Gasteiger partial charge in [0.25, 0.3) is 0 Å². The Morgan fingerprint density at radius 3 is 2.40 bits per heavy atom. The molecule has 1 atom stereocenters. The van der Waals surface area contributed by atoms with E-state index in [1.165, 1.54) is 6.92 Å². The standard InChI is InChI=1S/C7H11FO2/c1-5(8)7(2-3-7)4-6(9)10/h5H,2-4H2,1H3,(H,9,10). The lowest BCUT2D eigenvalue weighted by Gasteiger charge is -2.12. The first-order chi connectivity index (χ1) is 4.57. The van der Waals surface area contributed by atoms with Gasteiger partial charge in [-0.3, -0.25) is 4.79 Å². The predicted molar refractivity (Wildman–Crippen MR) is 34.5 cm³/mol. The second kappa shape index (κ2) is 2.22. The van der Waals surface area contributed by atoms with Crippen molar-refractivity contribution in [2.45, 2.75) is 32.4 Å². The number of aliphatic carboxylic acids is 1. The van der Waals surface area contributed by atoms with Crippen LogP contribution in [-0.2, 0) is 4.79 Å². The molecule has 1 aliphatic carbocycles. The lowest BCUT2D eigenvalue weighted by atomic mass is 9.98. The molecule has 0 aromatic carbocycles. The Balaban J connectivity index is 2.45. The van der Waals surface area contributed by atoms with Crippen LogP contribution in [0.1, 0.15) is 26.2 Å². The molecule has 0 bridgehead atoms. The largest absolute Gasteiger partial charge is 0.481 e. The molecule has 1 saturated carbocycles. The molecule has 0 spiro atoms. The van der Waals surface area contributed by atoms with Gasteiger partial charge in [0.1, 0.15) is 6.17 Å². The van der Waals surface area contributed by atoms with E-state index in [0.29, 0.717) is 0 Å². The molecule has 0 aromatic heterocycles. The average molecular weight is 146 g/mol. The zero-order valence-corrected chi connectivity index (χ0v) is 5.93. The van der Waals surface area contributed by atoms with Gasteiger partial charge in [-0.1, -0.05) is 0 Å². The van der Waals surface area contributed by atoms with E-state index >= 15 is 0 Å². The second-order valence-electron chi connectivity index (χ2n) is 3.05. The predicted octanol–water partition coefficient (Wildman–Crippen LogP) is 1.60. The Morgan fingerprint density at radius 2 is 2.30 bits per heavy atom. The second-order valence-corrected chi connectivity index (χ2v) is 3.05. The third kappa shape index (κ3) is 1.28. The third-order valence-electron chi connectivity index (χ3n) is 2.24. The van der Waals surface area contributed by atoms with Crippen molar-refractivity contribution in [2.24, 2.45) is 5.41 Å². The molecule has 0 amide bonds. The SMILES string of the molecule is CC(F)C1(CC(=O)O)CC1. The maximum absolute atomic E-state index is 12.6. The summed E-state index contributed by atoms with van der Waals surface area (Å²) in [4.78, 5) is 10.2. The first-order valence-electron chi connectivity index (χ1n) is 3.43. The summed E-state index contributed by atoms with van der Waals surface area (Å²) < 4.78 is 12.6. The highest BCUT2D eigenvalue weighted by molar-refractivity contribution is 5.68. The molecule has 1 unspecified atom stereocenters. The van der Waals surface area contributed by atoms with Crippen LogP contribution in [0.2, 0.25) is 0 Å². The Labute approximate surface area is 59.0 Å². The quantitative estimate of drug-likeness (QED) is 0.656. The first-order valence-corrected chi connectivity index (χ1v) is 3.43. The van der Waals surface area contributed by atoms with Gasteiger partial charge in [-0.2, -0.15) is 0 Å². The summed E-state index contributed by atoms with van der Waals surface area (Å²) in [5.74, 6) is -0.887. The molecular weight excluding hydrogens is 135 g/mol. The van der Waals surface area contributed by atoms with Crippen LogP contribution < -0.4 is 0 Å². The molecule has 0 aliphatic heterocycles. The van der Waals surface area contributed by atoms with Gasteiger partial charge in [0.2, 0.25) is 0 Å². The Bertz CT molecular complexity index is 150. The van der Waals surface area contributed by atoms with Crippen LogP contribution in [0, 0.1) is 5.41 Å². The fourth-order valence-electron chi connectivity index (χ4n) is 1.18. The highest BCUT2D eigenvalue weighted by atomic mass is 19.1. The van der Waals surface area contributed by atoms with Gasteiger partial charge in [0, 0.05) is 5.41 Å². The highest BCUT2D eigenvalue weighted by Gasteiger charge is 2.49. The van der Waals surface area contributed by atoms with Crippen molar-refractivity contribution < 1.29 is 14.3 Å². The topological polar surface area (TPSA) is 37.3 Å². The molecule has 0 aromatic rings. The maximum atomic E-state index is 12.6. The first kappa shape index (κ1) is 7.51. The Hall–Kier alpha value is -0.600. The number of carboxylic acids is 1. The Kier molecular flexibility index (Phi) is 1.67. The Morgan fingerprint density at radius 1 is 1.80 bits per heavy atom. The number of carboxylic acid groups (broad SMARTS) is 1. The molecule has 58 valence electrons. The minimum Gasteiger partial charge on any atom is -0.481 e. The van der Waals surface area contributed by atoms with Crippen LogP contribution in [0.15, 0.2) is 0 Å². The van der Waals surface area contributed by atoms with Crippen molar-refractivity contribution in [2.75, 3.05) is 0 Å². The molecule has 2 nitrogen and oxygen atoms in total. The van der Waals surface area contributed by atoms with E-state index in [0.717, 1.165) is 12.8 Å². The van der Waals surface area contributed by atoms with Gasteiger partial charge < -0.3 is 5.11 Å². The van der Waals surface area contributed by atoms with Gasteiger partial charge in [0.15, 0.2) is 0 Å². The molecule has 0 saturated heterocycles. The molecule has 1 N–H and O–H groups in total. The minimum absolute atomic E-state index is 0.00926. The zero-order valence-electron chi connectivity index (χ0n) is 5.93. The van der Waals surface area contributed by atoms with E-state index in [4.69, 9.17) is 5.11 Å². The van der Waals surface area contributed by atoms with Crippen molar-refractivity contribution >= 4 is 5.97 Å². The van der Waals surface area contributed by atoms with Crippen LogP contribution in [0.5, 0.6) is 0 Å². The van der Waals surface area contributed by atoms with Crippen LogP contribution in [0.3, 0.4) is 0 Å². The van der Waals surface area contributed by atoms with Gasteiger partial charge in [-0.15, -0.1) is 0 Å². The van der Waals surface area contributed by atoms with Crippen molar-refractivity contribution in [3.63, 3.8) is 0 Å². The monoisotopic (exact) mass is 146 g/mol. The number of hydrogen-bond acceptors (Lipinski definition) is 1. The van der Waals surface area contributed by atoms with Crippen molar-refractivity contribution in [1.82, 2.24) is 0 Å². The highest BCUT2D eigenvalue weighted by Crippen LogP contribution is 2.52. The number of alkyl halides is 1. The summed E-state index contributed by atoms with van der Waals surface area (Å²) in [6.07, 6.45) is 0.488. The molecule has 3 heteroatoms. The van der Waals surface area contributed by atoms with E-state index in [1.54, 1.807) is 0 Å². The van der Waals surface area contributed by atoms with Crippen molar-refractivity contribution in [3.05, 3.63) is 0 Å². The summed E-state index contributed by atoms with van der Waals surface area (Å²) in [6, 6.07) is 0. The van der Waals surface area contributed by atoms with Gasteiger partial charge in [-0.05, 0) is 19.8 Å². The van der Waals surface area contributed by atoms with Gasteiger partial charge >= 0.3 is 5.97 Å². The summed E-state index contributed by atoms with van der Waals surface area (Å²) in [6.45, 7) is 1.44. The molecule has 10 heavy (non-hydrogen) atoms. The minimum atomic E-state index is -0.969. The van der Waals surface area contributed by atoms with Gasteiger partial charge in [0.05, 0.1) is 6.42 Å². The van der Waals surface area contributed by atoms with Gasteiger partial charge in [-0.25, -0.2) is 4.39 Å². The number of halogens is 1. The van der Waals surface area contributed by atoms with Crippen molar-refractivity contribution in [3.8, 4) is 0 Å². The number of rotatable bonds is 3. The average Bonchev–Trinajstić information content (AvgIpc) is 2.46. The van der Waals surface area contributed by atoms with Crippen molar-refractivity contribution in [1.29, 1.82) is 0 Å². The third-order valence-corrected chi connectivity index (χ3v) is 2.24. The van der Waals surface area contributed by atoms with Crippen LogP contribution in [0.25, 0.3) is 0 Å². The molecule has 1 aliphatic rings. The molecule has 1 fully saturated rings. The smallest absolute Gasteiger partial charge is 0.304 e. The zero-order chi connectivity index (χ0) is 7.78. The fraction of sp³-hybridized carbons (Fsp3) is 0.857. The van der Waals surface area contributed by atoms with E-state index in [9.17, 15) is 9.18 Å². The number of carbonyl (C=O) groups is 1. The van der Waals surface area contributed by atoms with E-state index in [2.05, 4.69) is 0 Å². The van der Waals surface area contributed by atoms with E-state index in [-0.39, 0.29) is 6.42 Å². The van der Waals surface area contributed by atoms with E-state index < -0.39 is 17.6 Å². The molecular formula is C7H11FO2. The fourth-order valence-corrected chi connectivity index (χ4v) is 1.18. The summed E-state index contributed by atoms with van der Waals surface area (Å²) in [7, 11) is 0. The maximum Gasteiger partial charge on any atom is 0.304 e. The van der Waals surface area contributed by atoms with Crippen LogP contribution >= 0.6 is 0 Å². The van der Waals surface area contributed by atoms with Crippen LogP contribution in [-0.4, -0.2) is 17.2 Å². The van der Waals surface area contributed by atoms with Crippen LogP contribution in [0.4, 0.5) is 4.39 Å². The molecule has 0 heterocycles. The summed E-state index contributed by atoms with van der Waals surface area (Å²) >= 11 is 0. The molecule has 1 rings (SSSR count). The molecule has 0 radical (unpaired) electrons. The summed E-state index contributed by atoms with van der Waals surface area (Å²) in [5, 5.41) is 8.37. The van der Waals surface area contributed by atoms with E-state index in [1.807, 2.05) is 0 Å². The number of hydrogen-bond donors (Lipinski definition) is 1. The lowest BCUT2D eigenvalue weighted by Crippen LogP contribution is -2.17. The lowest BCUT2D eigenvalue weighted by molar-refractivity contribution is -0.139. The summed E-state index contributed by atoms with van der Waals surface area (Å²) in [5.41, 5.74) is -0.494.